The molecule has 0 saturated carbocycles. The van der Waals surface area contributed by atoms with Gasteiger partial charge in [-0.2, -0.15) is 0 Å². The SMILES string of the molecule is Cc1cc(NC(=O)c2cc(S(=O)(=O)NCC3CCCO3)cs2)no1. The van der Waals surface area contributed by atoms with E-state index in [1.165, 1.54) is 11.4 Å². The van der Waals surface area contributed by atoms with Crippen molar-refractivity contribution >= 4 is 33.1 Å². The molecule has 0 bridgehead atoms. The van der Waals surface area contributed by atoms with Gasteiger partial charge in [-0.3, -0.25) is 4.79 Å². The second-order valence-electron chi connectivity index (χ2n) is 5.41. The minimum Gasteiger partial charge on any atom is -0.377 e. The van der Waals surface area contributed by atoms with E-state index in [0.29, 0.717) is 12.4 Å². The first-order chi connectivity index (χ1) is 11.4. The van der Waals surface area contributed by atoms with E-state index in [9.17, 15) is 13.2 Å². The van der Waals surface area contributed by atoms with Crippen LogP contribution in [0.15, 0.2) is 26.9 Å². The Kier molecular flexibility index (Phi) is 4.99. The Balaban J connectivity index is 1.64. The number of carbonyl (C=O) groups excluding carboxylic acids is 1. The summed E-state index contributed by atoms with van der Waals surface area (Å²) in [5.74, 6) is 0.416. The molecule has 1 saturated heterocycles. The number of rotatable bonds is 6. The molecule has 24 heavy (non-hydrogen) atoms. The minimum atomic E-state index is -3.66. The van der Waals surface area contributed by atoms with Crippen molar-refractivity contribution in [3.63, 3.8) is 0 Å². The average molecular weight is 371 g/mol. The van der Waals surface area contributed by atoms with Crippen LogP contribution in [0.2, 0.25) is 0 Å². The maximum Gasteiger partial charge on any atom is 0.267 e. The van der Waals surface area contributed by atoms with E-state index < -0.39 is 15.9 Å². The number of aromatic nitrogens is 1. The number of anilines is 1. The molecule has 1 amide bonds. The van der Waals surface area contributed by atoms with Crippen LogP contribution in [0.3, 0.4) is 0 Å². The topological polar surface area (TPSA) is 111 Å². The van der Waals surface area contributed by atoms with Crippen molar-refractivity contribution in [3.05, 3.63) is 28.2 Å². The van der Waals surface area contributed by atoms with Crippen molar-refractivity contribution in [1.82, 2.24) is 9.88 Å². The van der Waals surface area contributed by atoms with Gasteiger partial charge in [0.1, 0.15) is 5.76 Å². The third-order valence-corrected chi connectivity index (χ3v) is 5.99. The molecule has 1 aliphatic heterocycles. The molecular weight excluding hydrogens is 354 g/mol. The Bertz CT molecular complexity index is 821. The van der Waals surface area contributed by atoms with Crippen LogP contribution in [0, 0.1) is 6.92 Å². The van der Waals surface area contributed by atoms with Gasteiger partial charge >= 0.3 is 0 Å². The summed E-state index contributed by atoms with van der Waals surface area (Å²) in [4.78, 5) is 12.4. The van der Waals surface area contributed by atoms with E-state index >= 15 is 0 Å². The quantitative estimate of drug-likeness (QED) is 0.800. The monoisotopic (exact) mass is 371 g/mol. The van der Waals surface area contributed by atoms with Crippen LogP contribution < -0.4 is 10.0 Å². The molecule has 1 fully saturated rings. The first kappa shape index (κ1) is 17.1. The smallest absolute Gasteiger partial charge is 0.267 e. The molecule has 2 aromatic heterocycles. The standard InChI is InChI=1S/C14H17N3O5S2/c1-9-5-13(17-22-9)16-14(18)12-6-11(8-23-12)24(19,20)15-7-10-3-2-4-21-10/h5-6,8,10,15H,2-4,7H2,1H3,(H,16,17,18). The summed E-state index contributed by atoms with van der Waals surface area (Å²) in [7, 11) is -3.66. The van der Waals surface area contributed by atoms with Gasteiger partial charge in [-0.15, -0.1) is 11.3 Å². The van der Waals surface area contributed by atoms with Gasteiger partial charge in [0.15, 0.2) is 5.82 Å². The fourth-order valence-electron chi connectivity index (χ4n) is 2.27. The zero-order chi connectivity index (χ0) is 17.2. The Labute approximate surface area is 143 Å². The van der Waals surface area contributed by atoms with E-state index in [4.69, 9.17) is 9.26 Å². The first-order valence-electron chi connectivity index (χ1n) is 7.38. The summed E-state index contributed by atoms with van der Waals surface area (Å²) >= 11 is 1.05. The molecule has 0 spiro atoms. The first-order valence-corrected chi connectivity index (χ1v) is 9.75. The molecule has 1 atom stereocenters. The number of amides is 1. The van der Waals surface area contributed by atoms with Gasteiger partial charge in [0, 0.05) is 24.6 Å². The molecule has 130 valence electrons. The van der Waals surface area contributed by atoms with Crippen LogP contribution in [0.1, 0.15) is 28.3 Å². The number of hydrogen-bond donors (Lipinski definition) is 2. The molecule has 0 aliphatic carbocycles. The highest BCUT2D eigenvalue weighted by atomic mass is 32.2. The van der Waals surface area contributed by atoms with E-state index in [-0.39, 0.29) is 28.2 Å². The maximum atomic E-state index is 12.3. The molecule has 10 heteroatoms. The summed E-state index contributed by atoms with van der Waals surface area (Å²) in [5, 5.41) is 7.65. The summed E-state index contributed by atoms with van der Waals surface area (Å²) in [6, 6.07) is 2.91. The van der Waals surface area contributed by atoms with Gasteiger partial charge in [-0.25, -0.2) is 13.1 Å². The van der Waals surface area contributed by atoms with Gasteiger partial charge < -0.3 is 14.6 Å². The second kappa shape index (κ2) is 7.01. The summed E-state index contributed by atoms with van der Waals surface area (Å²) in [6.45, 7) is 2.60. The number of thiophene rings is 1. The van der Waals surface area contributed by atoms with E-state index in [1.807, 2.05) is 0 Å². The maximum absolute atomic E-state index is 12.3. The highest BCUT2D eigenvalue weighted by molar-refractivity contribution is 7.89. The van der Waals surface area contributed by atoms with E-state index in [1.54, 1.807) is 13.0 Å². The Morgan fingerprint density at radius 3 is 2.96 bits per heavy atom. The van der Waals surface area contributed by atoms with Crippen molar-refractivity contribution in [2.24, 2.45) is 0 Å². The van der Waals surface area contributed by atoms with Crippen LogP contribution >= 0.6 is 11.3 Å². The normalized spacial score (nSPS) is 18.0. The average Bonchev–Trinajstić information content (AvgIpc) is 3.27. The molecule has 0 radical (unpaired) electrons. The number of hydrogen-bond acceptors (Lipinski definition) is 7. The van der Waals surface area contributed by atoms with Crippen molar-refractivity contribution in [1.29, 1.82) is 0 Å². The third kappa shape index (κ3) is 4.01. The number of sulfonamides is 1. The molecule has 1 aliphatic rings. The van der Waals surface area contributed by atoms with Crippen LogP contribution in [-0.4, -0.2) is 38.7 Å². The lowest BCUT2D eigenvalue weighted by atomic mass is 10.2. The second-order valence-corrected chi connectivity index (χ2v) is 8.09. The van der Waals surface area contributed by atoms with Crippen LogP contribution in [0.25, 0.3) is 0 Å². The molecule has 2 N–H and O–H groups in total. The minimum absolute atomic E-state index is 0.0620. The molecule has 0 aromatic carbocycles. The Hall–Kier alpha value is -1.75. The fraction of sp³-hybridized carbons (Fsp3) is 0.429. The number of nitrogens with one attached hydrogen (secondary N) is 2. The molecule has 8 nitrogen and oxygen atoms in total. The number of nitrogens with zero attached hydrogens (tertiary/aromatic N) is 1. The fourth-order valence-corrected chi connectivity index (χ4v) is 4.51. The predicted molar refractivity (Wildman–Crippen MR) is 87.7 cm³/mol. The highest BCUT2D eigenvalue weighted by Gasteiger charge is 2.22. The lowest BCUT2D eigenvalue weighted by Gasteiger charge is -2.10. The summed E-state index contributed by atoms with van der Waals surface area (Å²) in [6.07, 6.45) is 1.70. The highest BCUT2D eigenvalue weighted by Crippen LogP contribution is 2.21. The summed E-state index contributed by atoms with van der Waals surface area (Å²) < 4.78 is 37.3. The summed E-state index contributed by atoms with van der Waals surface area (Å²) in [5.41, 5.74) is 0. The third-order valence-electron chi connectivity index (χ3n) is 3.50. The van der Waals surface area contributed by atoms with Crippen LogP contribution in [0.5, 0.6) is 0 Å². The molecule has 3 rings (SSSR count). The van der Waals surface area contributed by atoms with Crippen molar-refractivity contribution in [2.45, 2.75) is 30.8 Å². The lowest BCUT2D eigenvalue weighted by Crippen LogP contribution is -2.31. The molecular formula is C14H17N3O5S2. The van der Waals surface area contributed by atoms with Gasteiger partial charge in [0.2, 0.25) is 10.0 Å². The van der Waals surface area contributed by atoms with Crippen LogP contribution in [-0.2, 0) is 14.8 Å². The van der Waals surface area contributed by atoms with Crippen molar-refractivity contribution < 1.29 is 22.5 Å². The van der Waals surface area contributed by atoms with Crippen molar-refractivity contribution in [2.75, 3.05) is 18.5 Å². The lowest BCUT2D eigenvalue weighted by molar-refractivity contribution is 0.102. The zero-order valence-electron chi connectivity index (χ0n) is 12.9. The van der Waals surface area contributed by atoms with Gasteiger partial charge in [-0.05, 0) is 25.8 Å². The van der Waals surface area contributed by atoms with E-state index in [0.717, 1.165) is 24.2 Å². The van der Waals surface area contributed by atoms with Crippen LogP contribution in [0.4, 0.5) is 5.82 Å². The number of aryl methyl sites for hydroxylation is 1. The largest absolute Gasteiger partial charge is 0.377 e. The van der Waals surface area contributed by atoms with Gasteiger partial charge in [-0.1, -0.05) is 5.16 Å². The van der Waals surface area contributed by atoms with Crippen molar-refractivity contribution in [3.8, 4) is 0 Å². The zero-order valence-corrected chi connectivity index (χ0v) is 14.6. The predicted octanol–water partition coefficient (Wildman–Crippen LogP) is 1.75. The van der Waals surface area contributed by atoms with E-state index in [2.05, 4.69) is 15.2 Å². The Morgan fingerprint density at radius 1 is 1.46 bits per heavy atom. The van der Waals surface area contributed by atoms with Gasteiger partial charge in [0.25, 0.3) is 5.91 Å². The molecule has 3 heterocycles. The molecule has 2 aromatic rings. The number of carbonyl (C=O) groups is 1. The molecule has 1 unspecified atom stereocenters. The number of ether oxygens (including phenoxy) is 1. The Morgan fingerprint density at radius 2 is 2.29 bits per heavy atom. The van der Waals surface area contributed by atoms with Gasteiger partial charge in [0.05, 0.1) is 15.9 Å².